The van der Waals surface area contributed by atoms with Crippen molar-refractivity contribution in [3.63, 3.8) is 0 Å². The molecular formula is C24H23Cl2FN4O3. The van der Waals surface area contributed by atoms with E-state index in [0.717, 1.165) is 5.39 Å². The molecule has 3 aromatic rings. The van der Waals surface area contributed by atoms with Gasteiger partial charge in [-0.3, -0.25) is 10.2 Å². The van der Waals surface area contributed by atoms with Crippen LogP contribution in [0.15, 0.2) is 58.1 Å². The first-order valence-corrected chi connectivity index (χ1v) is 11.4. The molecule has 1 amide bonds. The van der Waals surface area contributed by atoms with Crippen LogP contribution in [0.4, 0.5) is 4.39 Å². The summed E-state index contributed by atoms with van der Waals surface area (Å²) in [6.07, 6.45) is 3.35. The summed E-state index contributed by atoms with van der Waals surface area (Å²) >= 11 is 12.2. The largest absolute Gasteiger partial charge is 0.456 e. The second-order valence-corrected chi connectivity index (χ2v) is 8.46. The molecule has 1 saturated heterocycles. The van der Waals surface area contributed by atoms with Crippen molar-refractivity contribution in [3.8, 4) is 11.3 Å². The second-order valence-electron chi connectivity index (χ2n) is 7.59. The number of morpholine rings is 1. The lowest BCUT2D eigenvalue weighted by Gasteiger charge is -2.26. The Morgan fingerprint density at radius 2 is 1.97 bits per heavy atom. The third kappa shape index (κ3) is 5.77. The number of allylic oxidation sites excluding steroid dienone is 1. The minimum atomic E-state index is -0.482. The zero-order chi connectivity index (χ0) is 24.1. The van der Waals surface area contributed by atoms with Crippen LogP contribution in [-0.2, 0) is 16.1 Å². The van der Waals surface area contributed by atoms with Crippen molar-refractivity contribution in [3.05, 3.63) is 70.0 Å². The standard InChI is InChI=1S/C24H23Cl2FN4O3/c1-2-3-21(24(32)30-31-6-8-33-9-7-31)29-28-14-16-11-18(26)10-15-12-22(34-23(15)16)19-5-4-17(25)13-20(19)27/h2-5,10-13,28H,6-9,14H2,1H3,(H,30,32)/b3-2+,29-21+. The number of fused-ring (bicyclic) bond motifs is 1. The average Bonchev–Trinajstić information content (AvgIpc) is 3.22. The van der Waals surface area contributed by atoms with E-state index in [1.807, 2.05) is 0 Å². The molecular weight excluding hydrogens is 482 g/mol. The van der Waals surface area contributed by atoms with Gasteiger partial charge in [0.05, 0.1) is 25.3 Å². The lowest BCUT2D eigenvalue weighted by Crippen LogP contribution is -2.50. The predicted octanol–water partition coefficient (Wildman–Crippen LogP) is 4.93. The Bertz CT molecular complexity index is 1250. The molecule has 0 radical (unpaired) electrons. The number of amides is 1. The van der Waals surface area contributed by atoms with Crippen LogP contribution in [0.25, 0.3) is 22.3 Å². The van der Waals surface area contributed by atoms with Crippen LogP contribution in [0, 0.1) is 5.82 Å². The summed E-state index contributed by atoms with van der Waals surface area (Å²) in [7, 11) is 0. The van der Waals surface area contributed by atoms with Crippen LogP contribution in [0.1, 0.15) is 12.5 Å². The number of ether oxygens (including phenoxy) is 1. The number of nitrogens with zero attached hydrogens (tertiary/aromatic N) is 2. The number of rotatable bonds is 7. The van der Waals surface area contributed by atoms with Gasteiger partial charge in [0.15, 0.2) is 0 Å². The van der Waals surface area contributed by atoms with E-state index in [4.69, 9.17) is 32.4 Å². The zero-order valence-electron chi connectivity index (χ0n) is 18.4. The topological polar surface area (TPSA) is 79.1 Å². The normalized spacial score (nSPS) is 15.2. The van der Waals surface area contributed by atoms with Gasteiger partial charge in [0.2, 0.25) is 0 Å². The molecule has 178 valence electrons. The fourth-order valence-corrected chi connectivity index (χ4v) is 3.95. The Labute approximate surface area is 206 Å². The predicted molar refractivity (Wildman–Crippen MR) is 131 cm³/mol. The summed E-state index contributed by atoms with van der Waals surface area (Å²) in [5.74, 6) is -0.456. The summed E-state index contributed by atoms with van der Waals surface area (Å²) < 4.78 is 25.7. The summed E-state index contributed by atoms with van der Waals surface area (Å²) in [6, 6.07) is 9.60. The minimum absolute atomic E-state index is 0.218. The molecule has 1 aromatic heterocycles. The molecule has 1 aliphatic rings. The van der Waals surface area contributed by atoms with Crippen molar-refractivity contribution >= 4 is 45.8 Å². The Balaban J connectivity index is 1.54. The summed E-state index contributed by atoms with van der Waals surface area (Å²) in [4.78, 5) is 12.6. The van der Waals surface area contributed by atoms with E-state index in [1.165, 1.54) is 6.07 Å². The van der Waals surface area contributed by atoms with Crippen LogP contribution < -0.4 is 10.9 Å². The van der Waals surface area contributed by atoms with Gasteiger partial charge < -0.3 is 14.6 Å². The SMILES string of the molecule is C/C=C/C(=N\NCc1cc(Cl)cc2cc(-c3ccc(Cl)cc3F)oc12)C(=O)NN1CCOCC1. The Kier molecular flexibility index (Phi) is 7.84. The van der Waals surface area contributed by atoms with Gasteiger partial charge in [0.25, 0.3) is 5.91 Å². The molecule has 0 atom stereocenters. The van der Waals surface area contributed by atoms with E-state index < -0.39 is 5.82 Å². The van der Waals surface area contributed by atoms with Crippen LogP contribution in [-0.4, -0.2) is 42.9 Å². The number of hydrazone groups is 1. The Morgan fingerprint density at radius 3 is 2.71 bits per heavy atom. The van der Waals surface area contributed by atoms with Crippen molar-refractivity contribution < 1.29 is 18.3 Å². The second kappa shape index (κ2) is 11.0. The first-order chi connectivity index (χ1) is 16.4. The molecule has 0 unspecified atom stereocenters. The maximum atomic E-state index is 14.4. The Morgan fingerprint density at radius 1 is 1.18 bits per heavy atom. The van der Waals surface area contributed by atoms with Crippen molar-refractivity contribution in [1.82, 2.24) is 15.9 Å². The third-order valence-electron chi connectivity index (χ3n) is 5.15. The lowest BCUT2D eigenvalue weighted by molar-refractivity contribution is -0.121. The maximum Gasteiger partial charge on any atom is 0.285 e. The molecule has 1 fully saturated rings. The lowest BCUT2D eigenvalue weighted by atomic mass is 10.1. The van der Waals surface area contributed by atoms with Crippen molar-refractivity contribution in [1.29, 1.82) is 0 Å². The van der Waals surface area contributed by atoms with Crippen LogP contribution in [0.3, 0.4) is 0 Å². The molecule has 0 aliphatic carbocycles. The van der Waals surface area contributed by atoms with Gasteiger partial charge in [-0.25, -0.2) is 9.40 Å². The monoisotopic (exact) mass is 504 g/mol. The summed E-state index contributed by atoms with van der Waals surface area (Å²) in [5, 5.41) is 7.57. The highest BCUT2D eigenvalue weighted by molar-refractivity contribution is 6.43. The molecule has 34 heavy (non-hydrogen) atoms. The third-order valence-corrected chi connectivity index (χ3v) is 5.60. The number of benzene rings is 2. The van der Waals surface area contributed by atoms with E-state index >= 15 is 0 Å². The minimum Gasteiger partial charge on any atom is -0.456 e. The van der Waals surface area contributed by atoms with E-state index in [9.17, 15) is 9.18 Å². The number of nitrogens with one attached hydrogen (secondary N) is 2. The van der Waals surface area contributed by atoms with Gasteiger partial charge in [-0.1, -0.05) is 29.3 Å². The highest BCUT2D eigenvalue weighted by Crippen LogP contribution is 2.34. The van der Waals surface area contributed by atoms with Crippen molar-refractivity contribution in [2.45, 2.75) is 13.5 Å². The van der Waals surface area contributed by atoms with Crippen LogP contribution >= 0.6 is 23.2 Å². The quantitative estimate of drug-likeness (QED) is 0.352. The number of furan rings is 1. The molecule has 2 aromatic carbocycles. The molecule has 2 N–H and O–H groups in total. The number of carbonyl (C=O) groups excluding carboxylic acids is 1. The number of hydrogen-bond donors (Lipinski definition) is 2. The molecule has 2 heterocycles. The first-order valence-electron chi connectivity index (χ1n) is 10.7. The number of hydrogen-bond acceptors (Lipinski definition) is 6. The molecule has 4 rings (SSSR count). The first kappa shape index (κ1) is 24.2. The smallest absolute Gasteiger partial charge is 0.285 e. The van der Waals surface area contributed by atoms with E-state index in [1.54, 1.807) is 54.4 Å². The highest BCUT2D eigenvalue weighted by Gasteiger charge is 2.17. The molecule has 1 aliphatic heterocycles. The fourth-order valence-electron chi connectivity index (χ4n) is 3.55. The zero-order valence-corrected chi connectivity index (χ0v) is 19.9. The molecule has 0 bridgehead atoms. The fraction of sp³-hybridized carbons (Fsp3) is 0.250. The Hall–Kier alpha value is -2.91. The van der Waals surface area contributed by atoms with E-state index in [2.05, 4.69) is 16.0 Å². The number of carbonyl (C=O) groups is 1. The number of halogens is 3. The van der Waals surface area contributed by atoms with E-state index in [0.29, 0.717) is 58.8 Å². The summed E-state index contributed by atoms with van der Waals surface area (Å²) in [6.45, 7) is 4.38. The average molecular weight is 505 g/mol. The van der Waals surface area contributed by atoms with Crippen LogP contribution in [0.2, 0.25) is 10.0 Å². The van der Waals surface area contributed by atoms with E-state index in [-0.39, 0.29) is 18.2 Å². The van der Waals surface area contributed by atoms with Gasteiger partial charge in [0.1, 0.15) is 22.9 Å². The van der Waals surface area contributed by atoms with Gasteiger partial charge in [-0.05, 0) is 49.4 Å². The number of hydrazine groups is 1. The highest BCUT2D eigenvalue weighted by atomic mass is 35.5. The van der Waals surface area contributed by atoms with Gasteiger partial charge in [0, 0.05) is 34.1 Å². The van der Waals surface area contributed by atoms with Gasteiger partial charge in [-0.15, -0.1) is 0 Å². The molecule has 0 saturated carbocycles. The summed E-state index contributed by atoms with van der Waals surface area (Å²) in [5.41, 5.74) is 7.51. The van der Waals surface area contributed by atoms with Crippen molar-refractivity contribution in [2.75, 3.05) is 26.3 Å². The van der Waals surface area contributed by atoms with Crippen LogP contribution in [0.5, 0.6) is 0 Å². The molecule has 10 heteroatoms. The maximum absolute atomic E-state index is 14.4. The van der Waals surface area contributed by atoms with Gasteiger partial charge in [-0.2, -0.15) is 5.10 Å². The molecule has 7 nitrogen and oxygen atoms in total. The van der Waals surface area contributed by atoms with Crippen molar-refractivity contribution in [2.24, 2.45) is 5.10 Å². The molecule has 0 spiro atoms. The van der Waals surface area contributed by atoms with Gasteiger partial charge >= 0.3 is 0 Å².